The molecule has 0 heterocycles. The molecule has 0 fully saturated rings. The summed E-state index contributed by atoms with van der Waals surface area (Å²) in [7, 11) is 1.54. The molecule has 1 unspecified atom stereocenters. The van der Waals surface area contributed by atoms with E-state index in [-0.39, 0.29) is 12.4 Å². The number of aliphatic hydroxyl groups is 1. The maximum atomic E-state index is 8.79. The Bertz CT molecular complexity index is 449. The first-order valence-corrected chi connectivity index (χ1v) is 6.61. The maximum absolute atomic E-state index is 8.79. The molecule has 0 aromatic heterocycles. The molecule has 0 aliphatic heterocycles. The Labute approximate surface area is 119 Å². The summed E-state index contributed by atoms with van der Waals surface area (Å²) in [6.07, 6.45) is 1.70. The number of nitrogens with two attached hydrogens (primary N) is 1. The average molecular weight is 281 g/mol. The molecule has 1 aromatic rings. The van der Waals surface area contributed by atoms with E-state index in [1.165, 1.54) is 0 Å². The van der Waals surface area contributed by atoms with Crippen molar-refractivity contribution in [2.45, 2.75) is 32.4 Å². The van der Waals surface area contributed by atoms with Gasteiger partial charge in [-0.05, 0) is 37.5 Å². The van der Waals surface area contributed by atoms with Gasteiger partial charge in [0.15, 0.2) is 5.84 Å². The molecule has 6 heteroatoms. The number of benzene rings is 1. The molecule has 0 saturated carbocycles. The number of oxime groups is 1. The summed E-state index contributed by atoms with van der Waals surface area (Å²) in [6, 6.07) is 5.87. The van der Waals surface area contributed by atoms with Crippen LogP contribution in [0.2, 0.25) is 0 Å². The molecule has 0 spiro atoms. The topological polar surface area (TPSA) is 100 Å². The van der Waals surface area contributed by atoms with Crippen LogP contribution >= 0.6 is 0 Å². The maximum Gasteiger partial charge on any atom is 0.173 e. The predicted molar refractivity (Wildman–Crippen MR) is 78.1 cm³/mol. The van der Waals surface area contributed by atoms with Crippen LogP contribution in [0.5, 0.6) is 5.75 Å². The van der Waals surface area contributed by atoms with E-state index in [9.17, 15) is 0 Å². The minimum absolute atomic E-state index is 0.0250. The first kappa shape index (κ1) is 16.3. The van der Waals surface area contributed by atoms with Gasteiger partial charge in [0.1, 0.15) is 5.75 Å². The fraction of sp³-hybridized carbons (Fsp3) is 0.500. The highest BCUT2D eigenvalue weighted by Gasteiger charge is 2.09. The van der Waals surface area contributed by atoms with Crippen LogP contribution in [0.1, 0.15) is 30.9 Å². The smallest absolute Gasteiger partial charge is 0.173 e. The lowest BCUT2D eigenvalue weighted by Gasteiger charge is -2.14. The molecular formula is C14H23N3O3. The van der Waals surface area contributed by atoms with Crippen molar-refractivity contribution < 1.29 is 15.1 Å². The van der Waals surface area contributed by atoms with Crippen LogP contribution in [0, 0.1) is 0 Å². The Hall–Kier alpha value is -1.79. The molecular weight excluding hydrogens is 258 g/mol. The van der Waals surface area contributed by atoms with Gasteiger partial charge in [-0.15, -0.1) is 0 Å². The number of ether oxygens (including phenoxy) is 1. The number of rotatable bonds is 8. The van der Waals surface area contributed by atoms with E-state index < -0.39 is 0 Å². The van der Waals surface area contributed by atoms with Gasteiger partial charge in [-0.3, -0.25) is 0 Å². The van der Waals surface area contributed by atoms with Crippen molar-refractivity contribution >= 4 is 5.84 Å². The fourth-order valence-corrected chi connectivity index (χ4v) is 1.91. The monoisotopic (exact) mass is 281 g/mol. The van der Waals surface area contributed by atoms with Gasteiger partial charge in [0.25, 0.3) is 0 Å². The number of hydrogen-bond donors (Lipinski definition) is 4. The number of nitrogens with zero attached hydrogens (tertiary/aromatic N) is 1. The largest absolute Gasteiger partial charge is 0.496 e. The van der Waals surface area contributed by atoms with Crippen molar-refractivity contribution in [3.8, 4) is 5.75 Å². The van der Waals surface area contributed by atoms with Crippen LogP contribution in [0.15, 0.2) is 23.4 Å². The molecule has 6 nitrogen and oxygen atoms in total. The summed E-state index contributed by atoms with van der Waals surface area (Å²) < 4.78 is 5.18. The SMILES string of the molecule is COc1ccc(CNC(C)CCCO)cc1/C(N)=N/O. The van der Waals surface area contributed by atoms with E-state index in [2.05, 4.69) is 17.4 Å². The summed E-state index contributed by atoms with van der Waals surface area (Å²) in [6.45, 7) is 2.95. The first-order valence-electron chi connectivity index (χ1n) is 6.61. The molecule has 0 aliphatic carbocycles. The van der Waals surface area contributed by atoms with Crippen molar-refractivity contribution in [2.24, 2.45) is 10.9 Å². The van der Waals surface area contributed by atoms with Crippen molar-refractivity contribution in [1.29, 1.82) is 0 Å². The third-order valence-corrected chi connectivity index (χ3v) is 3.10. The molecule has 0 amide bonds. The standard InChI is InChI=1S/C14H23N3O3/c1-10(4-3-7-18)16-9-11-5-6-13(20-2)12(8-11)14(15)17-19/h5-6,8,10,16,18-19H,3-4,7,9H2,1-2H3,(H2,15,17). The lowest BCUT2D eigenvalue weighted by molar-refractivity contribution is 0.276. The molecule has 1 atom stereocenters. The summed E-state index contributed by atoms with van der Waals surface area (Å²) in [5.74, 6) is 0.592. The highest BCUT2D eigenvalue weighted by molar-refractivity contribution is 5.99. The van der Waals surface area contributed by atoms with E-state index in [0.717, 1.165) is 18.4 Å². The number of methoxy groups -OCH3 is 1. The third kappa shape index (κ3) is 4.71. The fourth-order valence-electron chi connectivity index (χ4n) is 1.91. The zero-order valence-electron chi connectivity index (χ0n) is 12.0. The Morgan fingerprint density at radius 1 is 1.50 bits per heavy atom. The van der Waals surface area contributed by atoms with Crippen LogP contribution in [-0.2, 0) is 6.54 Å². The van der Waals surface area contributed by atoms with E-state index in [0.29, 0.717) is 23.9 Å². The molecule has 0 bridgehead atoms. The van der Waals surface area contributed by atoms with Gasteiger partial charge in [0.05, 0.1) is 12.7 Å². The Morgan fingerprint density at radius 2 is 2.25 bits per heavy atom. The second kappa shape index (κ2) is 8.39. The van der Waals surface area contributed by atoms with E-state index in [4.69, 9.17) is 20.8 Å². The molecule has 0 saturated heterocycles. The van der Waals surface area contributed by atoms with Gasteiger partial charge < -0.3 is 26.1 Å². The second-order valence-electron chi connectivity index (χ2n) is 4.67. The van der Waals surface area contributed by atoms with Gasteiger partial charge in [-0.2, -0.15) is 0 Å². The van der Waals surface area contributed by atoms with Gasteiger partial charge in [-0.1, -0.05) is 11.2 Å². The number of nitrogens with one attached hydrogen (secondary N) is 1. The number of hydrogen-bond acceptors (Lipinski definition) is 5. The lowest BCUT2D eigenvalue weighted by atomic mass is 10.1. The second-order valence-corrected chi connectivity index (χ2v) is 4.67. The van der Waals surface area contributed by atoms with Crippen LogP contribution in [0.4, 0.5) is 0 Å². The van der Waals surface area contributed by atoms with E-state index >= 15 is 0 Å². The summed E-state index contributed by atoms with van der Waals surface area (Å²) in [4.78, 5) is 0. The summed E-state index contributed by atoms with van der Waals surface area (Å²) in [5, 5.41) is 23.9. The van der Waals surface area contributed by atoms with Gasteiger partial charge in [0, 0.05) is 19.2 Å². The number of aliphatic hydroxyl groups excluding tert-OH is 1. The van der Waals surface area contributed by atoms with Gasteiger partial charge in [-0.25, -0.2) is 0 Å². The van der Waals surface area contributed by atoms with E-state index in [1.807, 2.05) is 12.1 Å². The highest BCUT2D eigenvalue weighted by Crippen LogP contribution is 2.19. The zero-order chi connectivity index (χ0) is 15.0. The van der Waals surface area contributed by atoms with Crippen molar-refractivity contribution in [2.75, 3.05) is 13.7 Å². The molecule has 1 aromatic carbocycles. The predicted octanol–water partition coefficient (Wildman–Crippen LogP) is 1.04. The Balaban J connectivity index is 2.72. The average Bonchev–Trinajstić information content (AvgIpc) is 2.49. The van der Waals surface area contributed by atoms with Gasteiger partial charge >= 0.3 is 0 Å². The highest BCUT2D eigenvalue weighted by atomic mass is 16.5. The van der Waals surface area contributed by atoms with E-state index in [1.54, 1.807) is 13.2 Å². The molecule has 1 rings (SSSR count). The van der Waals surface area contributed by atoms with Crippen LogP contribution in [0.3, 0.4) is 0 Å². The quantitative estimate of drug-likeness (QED) is 0.247. The van der Waals surface area contributed by atoms with Crippen LogP contribution in [-0.4, -0.2) is 35.9 Å². The lowest BCUT2D eigenvalue weighted by Crippen LogP contribution is -2.26. The molecule has 20 heavy (non-hydrogen) atoms. The molecule has 0 aliphatic rings. The Morgan fingerprint density at radius 3 is 2.85 bits per heavy atom. The normalized spacial score (nSPS) is 13.2. The third-order valence-electron chi connectivity index (χ3n) is 3.10. The minimum Gasteiger partial charge on any atom is -0.496 e. The first-order chi connectivity index (χ1) is 9.62. The Kier molecular flexibility index (Phi) is 6.83. The number of amidine groups is 1. The molecule has 112 valence electrons. The van der Waals surface area contributed by atoms with Gasteiger partial charge in [0.2, 0.25) is 0 Å². The summed E-state index contributed by atoms with van der Waals surface area (Å²) in [5.41, 5.74) is 7.22. The summed E-state index contributed by atoms with van der Waals surface area (Å²) >= 11 is 0. The van der Waals surface area contributed by atoms with Crippen molar-refractivity contribution in [1.82, 2.24) is 5.32 Å². The molecule has 0 radical (unpaired) electrons. The van der Waals surface area contributed by atoms with Crippen LogP contribution < -0.4 is 15.8 Å². The van der Waals surface area contributed by atoms with Crippen molar-refractivity contribution in [3.05, 3.63) is 29.3 Å². The van der Waals surface area contributed by atoms with Crippen molar-refractivity contribution in [3.63, 3.8) is 0 Å². The zero-order valence-corrected chi connectivity index (χ0v) is 12.0. The minimum atomic E-state index is 0.0250. The molecule has 5 N–H and O–H groups in total. The van der Waals surface area contributed by atoms with Crippen LogP contribution in [0.25, 0.3) is 0 Å².